The molecule has 2 heterocycles. The maximum Gasteiger partial charge on any atom is 0.242 e. The van der Waals surface area contributed by atoms with Crippen molar-refractivity contribution >= 4 is 21.6 Å². The van der Waals surface area contributed by atoms with Crippen LogP contribution in [0.15, 0.2) is 68.7 Å². The van der Waals surface area contributed by atoms with Crippen LogP contribution in [0.1, 0.15) is 5.76 Å². The maximum atomic E-state index is 12.2. The molecule has 1 N–H and O–H groups in total. The van der Waals surface area contributed by atoms with Crippen molar-refractivity contribution in [1.82, 2.24) is 4.72 Å². The maximum absolute atomic E-state index is 12.2. The van der Waals surface area contributed by atoms with Gasteiger partial charge < -0.3 is 8.83 Å². The molecule has 0 saturated heterocycles. The summed E-state index contributed by atoms with van der Waals surface area (Å²) in [5.41, 5.74) is 0.792. The lowest BCUT2D eigenvalue weighted by atomic mass is 10.3. The molecule has 0 aliphatic rings. The average Bonchev–Trinajstić information content (AvgIpc) is 3.17. The molecular formula is C15H12ClNO4S. The highest BCUT2D eigenvalue weighted by Gasteiger charge is 2.17. The molecule has 0 saturated carbocycles. The third-order valence-electron chi connectivity index (χ3n) is 3.03. The van der Waals surface area contributed by atoms with E-state index < -0.39 is 10.0 Å². The minimum atomic E-state index is -3.69. The van der Waals surface area contributed by atoms with Gasteiger partial charge in [-0.3, -0.25) is 0 Å². The summed E-state index contributed by atoms with van der Waals surface area (Å²) in [6.07, 6.45) is 3.09. The van der Waals surface area contributed by atoms with Crippen LogP contribution >= 0.6 is 11.6 Å². The zero-order valence-electron chi connectivity index (χ0n) is 11.3. The molecule has 5 nitrogen and oxygen atoms in total. The zero-order valence-corrected chi connectivity index (χ0v) is 12.9. The highest BCUT2D eigenvalue weighted by atomic mass is 35.5. The van der Waals surface area contributed by atoms with Crippen LogP contribution in [-0.4, -0.2) is 8.42 Å². The molecule has 0 fully saturated rings. The molecule has 0 radical (unpaired) electrons. The lowest BCUT2D eigenvalue weighted by Crippen LogP contribution is -2.23. The highest BCUT2D eigenvalue weighted by Crippen LogP contribution is 2.23. The number of halogens is 1. The van der Waals surface area contributed by atoms with Crippen molar-refractivity contribution in [2.75, 3.05) is 0 Å². The first-order valence-corrected chi connectivity index (χ1v) is 8.28. The Labute approximate surface area is 132 Å². The molecule has 22 heavy (non-hydrogen) atoms. The fourth-order valence-corrected chi connectivity index (χ4v) is 3.45. The van der Waals surface area contributed by atoms with Crippen LogP contribution in [0.2, 0.25) is 5.02 Å². The van der Waals surface area contributed by atoms with E-state index in [0.29, 0.717) is 11.5 Å². The van der Waals surface area contributed by atoms with Gasteiger partial charge in [-0.15, -0.1) is 0 Å². The number of benzene rings is 1. The van der Waals surface area contributed by atoms with Gasteiger partial charge in [-0.05, 0) is 30.3 Å². The van der Waals surface area contributed by atoms with E-state index >= 15 is 0 Å². The topological polar surface area (TPSA) is 72.5 Å². The van der Waals surface area contributed by atoms with Crippen molar-refractivity contribution in [3.8, 4) is 11.3 Å². The Morgan fingerprint density at radius 2 is 1.91 bits per heavy atom. The molecule has 0 atom stereocenters. The number of furan rings is 2. The van der Waals surface area contributed by atoms with E-state index in [1.54, 1.807) is 36.6 Å². The Kier molecular flexibility index (Phi) is 4.06. The standard InChI is InChI=1S/C15H12ClNO4S/c16-13-3-1-2-4-15(13)22(18,19)17-9-12-5-6-14(21-12)11-7-8-20-10-11/h1-8,10,17H,9H2. The Morgan fingerprint density at radius 3 is 2.64 bits per heavy atom. The molecule has 7 heteroatoms. The highest BCUT2D eigenvalue weighted by molar-refractivity contribution is 7.89. The van der Waals surface area contributed by atoms with Gasteiger partial charge in [0.2, 0.25) is 10.0 Å². The number of sulfonamides is 1. The van der Waals surface area contributed by atoms with Crippen LogP contribution in [0.3, 0.4) is 0 Å². The Bertz CT molecular complexity index is 869. The fraction of sp³-hybridized carbons (Fsp3) is 0.0667. The largest absolute Gasteiger partial charge is 0.472 e. The second-order valence-corrected chi connectivity index (χ2v) is 6.68. The van der Waals surface area contributed by atoms with E-state index in [1.807, 2.05) is 0 Å². The fourth-order valence-electron chi connectivity index (χ4n) is 1.94. The van der Waals surface area contributed by atoms with Crippen molar-refractivity contribution in [3.05, 3.63) is 65.8 Å². The number of hydrogen-bond acceptors (Lipinski definition) is 4. The number of hydrogen-bond donors (Lipinski definition) is 1. The molecule has 2 aromatic heterocycles. The van der Waals surface area contributed by atoms with E-state index in [-0.39, 0.29) is 16.5 Å². The summed E-state index contributed by atoms with van der Waals surface area (Å²) in [4.78, 5) is 0.0401. The first-order valence-electron chi connectivity index (χ1n) is 6.42. The van der Waals surface area contributed by atoms with Crippen molar-refractivity contribution in [2.24, 2.45) is 0 Å². The van der Waals surface area contributed by atoms with Crippen LogP contribution < -0.4 is 4.72 Å². The predicted molar refractivity (Wildman–Crippen MR) is 81.9 cm³/mol. The van der Waals surface area contributed by atoms with Crippen LogP contribution in [0.25, 0.3) is 11.3 Å². The molecule has 0 aliphatic heterocycles. The van der Waals surface area contributed by atoms with Gasteiger partial charge in [-0.2, -0.15) is 0 Å². The summed E-state index contributed by atoms with van der Waals surface area (Å²) in [5.74, 6) is 1.10. The Morgan fingerprint density at radius 1 is 1.09 bits per heavy atom. The zero-order chi connectivity index (χ0) is 15.6. The summed E-state index contributed by atoms with van der Waals surface area (Å²) in [6.45, 7) is 0.0331. The van der Waals surface area contributed by atoms with Gasteiger partial charge >= 0.3 is 0 Å². The van der Waals surface area contributed by atoms with Gasteiger partial charge in [-0.1, -0.05) is 23.7 Å². The Hall–Kier alpha value is -2.02. The van der Waals surface area contributed by atoms with Gasteiger partial charge in [0.25, 0.3) is 0 Å². The molecule has 114 valence electrons. The third kappa shape index (κ3) is 3.09. The van der Waals surface area contributed by atoms with Crippen LogP contribution in [0, 0.1) is 0 Å². The van der Waals surface area contributed by atoms with Crippen LogP contribution in [0.5, 0.6) is 0 Å². The summed E-state index contributed by atoms with van der Waals surface area (Å²) < 4.78 is 37.4. The second-order valence-electron chi connectivity index (χ2n) is 4.53. The molecule has 0 spiro atoms. The summed E-state index contributed by atoms with van der Waals surface area (Å²) >= 11 is 5.91. The van der Waals surface area contributed by atoms with Crippen molar-refractivity contribution in [2.45, 2.75) is 11.4 Å². The average molecular weight is 338 g/mol. The number of nitrogens with one attached hydrogen (secondary N) is 1. The summed E-state index contributed by atoms with van der Waals surface area (Å²) in [6, 6.07) is 11.5. The minimum absolute atomic E-state index is 0.0331. The molecular weight excluding hydrogens is 326 g/mol. The predicted octanol–water partition coefficient (Wildman–Crippen LogP) is 3.67. The van der Waals surface area contributed by atoms with Gasteiger partial charge in [0.15, 0.2) is 0 Å². The molecule has 0 bridgehead atoms. The van der Waals surface area contributed by atoms with Crippen molar-refractivity contribution < 1.29 is 17.3 Å². The van der Waals surface area contributed by atoms with Gasteiger partial charge in [-0.25, -0.2) is 13.1 Å². The first kappa shape index (κ1) is 14.9. The first-order chi connectivity index (χ1) is 10.6. The quantitative estimate of drug-likeness (QED) is 0.771. The summed E-state index contributed by atoms with van der Waals surface area (Å²) in [5, 5.41) is 0.175. The molecule has 0 unspecified atom stereocenters. The molecule has 3 rings (SSSR count). The SMILES string of the molecule is O=S(=O)(NCc1ccc(-c2ccoc2)o1)c1ccccc1Cl. The van der Waals surface area contributed by atoms with Crippen molar-refractivity contribution in [1.29, 1.82) is 0 Å². The second kappa shape index (κ2) is 6.00. The lowest BCUT2D eigenvalue weighted by Gasteiger charge is -2.06. The van der Waals surface area contributed by atoms with E-state index in [4.69, 9.17) is 20.4 Å². The smallest absolute Gasteiger partial charge is 0.242 e. The van der Waals surface area contributed by atoms with Crippen LogP contribution in [0.4, 0.5) is 0 Å². The van der Waals surface area contributed by atoms with Crippen molar-refractivity contribution in [3.63, 3.8) is 0 Å². The Balaban J connectivity index is 1.74. The van der Waals surface area contributed by atoms with Crippen LogP contribution in [-0.2, 0) is 16.6 Å². The van der Waals surface area contributed by atoms with E-state index in [1.165, 1.54) is 18.4 Å². The van der Waals surface area contributed by atoms with Gasteiger partial charge in [0.1, 0.15) is 22.7 Å². The normalized spacial score (nSPS) is 11.7. The lowest BCUT2D eigenvalue weighted by molar-refractivity contribution is 0.507. The monoisotopic (exact) mass is 337 g/mol. The van der Waals surface area contributed by atoms with Gasteiger partial charge in [0, 0.05) is 0 Å². The molecule has 0 aliphatic carbocycles. The minimum Gasteiger partial charge on any atom is -0.472 e. The molecule has 1 aromatic carbocycles. The van der Waals surface area contributed by atoms with E-state index in [0.717, 1.165) is 5.56 Å². The van der Waals surface area contributed by atoms with E-state index in [9.17, 15) is 8.42 Å². The van der Waals surface area contributed by atoms with Gasteiger partial charge in [0.05, 0.1) is 23.4 Å². The summed E-state index contributed by atoms with van der Waals surface area (Å²) in [7, 11) is -3.69. The third-order valence-corrected chi connectivity index (χ3v) is 4.93. The number of rotatable bonds is 5. The molecule has 3 aromatic rings. The molecule has 0 amide bonds. The van der Waals surface area contributed by atoms with E-state index in [2.05, 4.69) is 4.72 Å².